The van der Waals surface area contributed by atoms with E-state index in [1.54, 1.807) is 40.5 Å². The topological polar surface area (TPSA) is 33.2 Å². The molecular weight excluding hydrogens is 351 g/mol. The van der Waals surface area contributed by atoms with Crippen molar-refractivity contribution >= 4 is 45.6 Å². The summed E-state index contributed by atoms with van der Waals surface area (Å²) in [6, 6.07) is 4.91. The van der Waals surface area contributed by atoms with Crippen molar-refractivity contribution in [2.45, 2.75) is 25.7 Å². The normalized spacial score (nSPS) is 13.5. The number of benzene rings is 1. The summed E-state index contributed by atoms with van der Waals surface area (Å²) in [7, 11) is 0. The summed E-state index contributed by atoms with van der Waals surface area (Å²) in [5.74, 6) is -0.144. The van der Waals surface area contributed by atoms with Crippen LogP contribution in [0.15, 0.2) is 30.9 Å². The third kappa shape index (κ3) is 3.44. The molecule has 1 aromatic heterocycles. The number of rotatable bonds is 4. The number of hydrogen-bond acceptors (Lipinski definition) is 3. The van der Waals surface area contributed by atoms with E-state index in [4.69, 9.17) is 23.2 Å². The first-order chi connectivity index (χ1) is 11.1. The van der Waals surface area contributed by atoms with Crippen LogP contribution in [0.1, 0.15) is 33.8 Å². The van der Waals surface area contributed by atoms with E-state index < -0.39 is 0 Å². The molecule has 0 radical (unpaired) electrons. The van der Waals surface area contributed by atoms with Crippen LogP contribution in [0, 0.1) is 0 Å². The standard InChI is InChI=1S/C17H16Cl2N2OS/c1-2-9-21(16(22)11-7-8-12(18)13(19)10-11)17-20-14-5-3-4-6-15(14)23-17/h2,7-8,10H,1,3-6,9H2. The van der Waals surface area contributed by atoms with Crippen LogP contribution in [0.2, 0.25) is 10.0 Å². The molecule has 0 N–H and O–H groups in total. The monoisotopic (exact) mass is 366 g/mol. The molecule has 0 spiro atoms. The fourth-order valence-corrected chi connectivity index (χ4v) is 4.07. The zero-order valence-corrected chi connectivity index (χ0v) is 14.8. The van der Waals surface area contributed by atoms with E-state index in [1.165, 1.54) is 17.7 Å². The van der Waals surface area contributed by atoms with Gasteiger partial charge >= 0.3 is 0 Å². The second-order valence-electron chi connectivity index (χ2n) is 5.41. The van der Waals surface area contributed by atoms with Crippen LogP contribution in [-0.4, -0.2) is 17.4 Å². The van der Waals surface area contributed by atoms with Gasteiger partial charge in [0.25, 0.3) is 5.91 Å². The predicted octanol–water partition coefficient (Wildman–Crippen LogP) is 5.16. The molecule has 3 nitrogen and oxygen atoms in total. The Labute approximate surface area is 149 Å². The van der Waals surface area contributed by atoms with Gasteiger partial charge < -0.3 is 0 Å². The summed E-state index contributed by atoms with van der Waals surface area (Å²) >= 11 is 13.6. The summed E-state index contributed by atoms with van der Waals surface area (Å²) in [6.45, 7) is 4.16. The van der Waals surface area contributed by atoms with Gasteiger partial charge in [0.05, 0.1) is 15.7 Å². The van der Waals surface area contributed by atoms with E-state index in [-0.39, 0.29) is 5.91 Å². The average Bonchev–Trinajstić information content (AvgIpc) is 2.98. The predicted molar refractivity (Wildman–Crippen MR) is 97.1 cm³/mol. The number of amides is 1. The zero-order valence-electron chi connectivity index (χ0n) is 12.5. The van der Waals surface area contributed by atoms with Gasteiger partial charge in [0.1, 0.15) is 0 Å². The number of anilines is 1. The maximum Gasteiger partial charge on any atom is 0.260 e. The summed E-state index contributed by atoms with van der Waals surface area (Å²) in [4.78, 5) is 20.5. The van der Waals surface area contributed by atoms with Crippen molar-refractivity contribution in [3.8, 4) is 0 Å². The van der Waals surface area contributed by atoms with Gasteiger partial charge in [-0.25, -0.2) is 4.98 Å². The molecule has 1 aliphatic carbocycles. The highest BCUT2D eigenvalue weighted by Crippen LogP contribution is 2.33. The molecule has 0 fully saturated rings. The molecule has 0 bridgehead atoms. The average molecular weight is 367 g/mol. The number of nitrogens with zero attached hydrogens (tertiary/aromatic N) is 2. The molecular formula is C17H16Cl2N2OS. The molecule has 0 unspecified atom stereocenters. The fourth-order valence-electron chi connectivity index (χ4n) is 2.62. The Balaban J connectivity index is 1.94. The molecule has 23 heavy (non-hydrogen) atoms. The first-order valence-corrected chi connectivity index (χ1v) is 9.04. The van der Waals surface area contributed by atoms with Crippen LogP contribution < -0.4 is 4.90 Å². The van der Waals surface area contributed by atoms with Crippen molar-refractivity contribution in [1.29, 1.82) is 0 Å². The lowest BCUT2D eigenvalue weighted by Gasteiger charge is -2.18. The quantitative estimate of drug-likeness (QED) is 0.699. The van der Waals surface area contributed by atoms with Gasteiger partial charge in [0.15, 0.2) is 5.13 Å². The van der Waals surface area contributed by atoms with Crippen LogP contribution in [0.4, 0.5) is 5.13 Å². The summed E-state index contributed by atoms with van der Waals surface area (Å²) in [5, 5.41) is 1.53. The van der Waals surface area contributed by atoms with Crippen LogP contribution in [0.3, 0.4) is 0 Å². The van der Waals surface area contributed by atoms with Crippen molar-refractivity contribution in [2.24, 2.45) is 0 Å². The zero-order chi connectivity index (χ0) is 16.4. The van der Waals surface area contributed by atoms with Gasteiger partial charge in [-0.3, -0.25) is 9.69 Å². The molecule has 0 saturated carbocycles. The highest BCUT2D eigenvalue weighted by molar-refractivity contribution is 7.16. The second kappa shape index (κ2) is 7.04. The van der Waals surface area contributed by atoms with Crippen LogP contribution >= 0.6 is 34.5 Å². The van der Waals surface area contributed by atoms with Crippen LogP contribution in [-0.2, 0) is 12.8 Å². The first kappa shape index (κ1) is 16.5. The van der Waals surface area contributed by atoms with E-state index in [0.717, 1.165) is 23.7 Å². The Bertz CT molecular complexity index is 734. The van der Waals surface area contributed by atoms with Gasteiger partial charge in [0.2, 0.25) is 0 Å². The van der Waals surface area contributed by atoms with Crippen molar-refractivity contribution in [2.75, 3.05) is 11.4 Å². The van der Waals surface area contributed by atoms with E-state index >= 15 is 0 Å². The number of thiazole rings is 1. The highest BCUT2D eigenvalue weighted by Gasteiger charge is 2.23. The van der Waals surface area contributed by atoms with Crippen molar-refractivity contribution in [1.82, 2.24) is 4.98 Å². The van der Waals surface area contributed by atoms with E-state index in [1.807, 2.05) is 0 Å². The van der Waals surface area contributed by atoms with E-state index in [9.17, 15) is 4.79 Å². The highest BCUT2D eigenvalue weighted by atomic mass is 35.5. The Kier molecular flexibility index (Phi) is 5.05. The number of hydrogen-bond donors (Lipinski definition) is 0. The molecule has 6 heteroatoms. The molecule has 1 aliphatic rings. The molecule has 1 amide bonds. The maximum absolute atomic E-state index is 12.9. The Morgan fingerprint density at radius 2 is 2.09 bits per heavy atom. The third-order valence-corrected chi connectivity index (χ3v) is 5.71. The van der Waals surface area contributed by atoms with Gasteiger partial charge in [-0.15, -0.1) is 17.9 Å². The maximum atomic E-state index is 12.9. The Morgan fingerprint density at radius 1 is 1.30 bits per heavy atom. The van der Waals surface area contributed by atoms with Crippen LogP contribution in [0.25, 0.3) is 0 Å². The molecule has 3 rings (SSSR count). The van der Waals surface area contributed by atoms with E-state index in [2.05, 4.69) is 11.6 Å². The summed E-state index contributed by atoms with van der Waals surface area (Å²) in [6.07, 6.45) is 6.11. The molecule has 0 aliphatic heterocycles. The molecule has 1 heterocycles. The lowest BCUT2D eigenvalue weighted by atomic mass is 10.0. The number of carbonyl (C=O) groups is 1. The number of fused-ring (bicyclic) bond motifs is 1. The Morgan fingerprint density at radius 3 is 2.78 bits per heavy atom. The van der Waals surface area contributed by atoms with Crippen molar-refractivity contribution in [3.63, 3.8) is 0 Å². The summed E-state index contributed by atoms with van der Waals surface area (Å²) in [5.41, 5.74) is 1.63. The first-order valence-electron chi connectivity index (χ1n) is 7.46. The molecule has 2 aromatic rings. The van der Waals surface area contributed by atoms with Crippen molar-refractivity contribution in [3.05, 3.63) is 57.0 Å². The SMILES string of the molecule is C=CCN(C(=O)c1ccc(Cl)c(Cl)c1)c1nc2c(s1)CCCC2. The second-order valence-corrected chi connectivity index (χ2v) is 7.28. The summed E-state index contributed by atoms with van der Waals surface area (Å²) < 4.78 is 0. The number of aryl methyl sites for hydroxylation is 2. The Hall–Kier alpha value is -1.36. The molecule has 0 atom stereocenters. The molecule has 120 valence electrons. The molecule has 1 aromatic carbocycles. The van der Waals surface area contributed by atoms with Gasteiger partial charge in [-0.05, 0) is 43.9 Å². The smallest absolute Gasteiger partial charge is 0.260 e. The number of carbonyl (C=O) groups excluding carboxylic acids is 1. The van der Waals surface area contributed by atoms with Gasteiger partial charge in [-0.2, -0.15) is 0 Å². The van der Waals surface area contributed by atoms with Gasteiger partial charge in [-0.1, -0.05) is 29.3 Å². The van der Waals surface area contributed by atoms with Gasteiger partial charge in [0, 0.05) is 17.0 Å². The number of aromatic nitrogens is 1. The van der Waals surface area contributed by atoms with Crippen molar-refractivity contribution < 1.29 is 4.79 Å². The number of halogens is 2. The minimum atomic E-state index is -0.144. The largest absolute Gasteiger partial charge is 0.280 e. The lowest BCUT2D eigenvalue weighted by molar-refractivity contribution is 0.0989. The minimum absolute atomic E-state index is 0.144. The van der Waals surface area contributed by atoms with Crippen LogP contribution in [0.5, 0.6) is 0 Å². The third-order valence-electron chi connectivity index (χ3n) is 3.79. The minimum Gasteiger partial charge on any atom is -0.280 e. The lowest BCUT2D eigenvalue weighted by Crippen LogP contribution is -2.31. The molecule has 0 saturated heterocycles. The van der Waals surface area contributed by atoms with E-state index in [0.29, 0.717) is 22.2 Å². The fraction of sp³-hybridized carbons (Fsp3) is 0.294.